The predicted octanol–water partition coefficient (Wildman–Crippen LogP) is 7.14. The molecule has 0 spiro atoms. The van der Waals surface area contributed by atoms with Crippen LogP contribution in [-0.4, -0.2) is 20.4 Å². The second kappa shape index (κ2) is 9.62. The summed E-state index contributed by atoms with van der Waals surface area (Å²) in [5.41, 5.74) is 1.87. The van der Waals surface area contributed by atoms with Gasteiger partial charge in [0.2, 0.25) is 0 Å². The SMILES string of the molecule is Oc1ccccc1C1(c2ccccc2O)CCCCC(c2ccccc2O)(c2ccccc2O)CC1. The summed E-state index contributed by atoms with van der Waals surface area (Å²) in [7, 11) is 0. The van der Waals surface area contributed by atoms with Crippen molar-refractivity contribution in [1.29, 1.82) is 0 Å². The van der Waals surface area contributed by atoms with Crippen LogP contribution in [0.3, 0.4) is 0 Å². The summed E-state index contributed by atoms with van der Waals surface area (Å²) < 4.78 is 0. The van der Waals surface area contributed by atoms with E-state index in [4.69, 9.17) is 0 Å². The average molecular weight is 481 g/mol. The second-order valence-electron chi connectivity index (χ2n) is 9.94. The van der Waals surface area contributed by atoms with Gasteiger partial charge < -0.3 is 20.4 Å². The maximum atomic E-state index is 11.0. The van der Waals surface area contributed by atoms with Crippen LogP contribution < -0.4 is 0 Å². The Hall–Kier alpha value is -3.92. The van der Waals surface area contributed by atoms with Gasteiger partial charge >= 0.3 is 0 Å². The molecule has 1 fully saturated rings. The van der Waals surface area contributed by atoms with Crippen molar-refractivity contribution in [3.63, 3.8) is 0 Å². The first-order valence-corrected chi connectivity index (χ1v) is 12.6. The summed E-state index contributed by atoms with van der Waals surface area (Å²) in [5.74, 6) is 0.822. The number of hydrogen-bond acceptors (Lipinski definition) is 4. The van der Waals surface area contributed by atoms with Crippen molar-refractivity contribution >= 4 is 0 Å². The van der Waals surface area contributed by atoms with E-state index in [0.29, 0.717) is 12.8 Å². The fraction of sp³-hybridized carbons (Fsp3) is 0.250. The van der Waals surface area contributed by atoms with Crippen LogP contribution in [0, 0.1) is 0 Å². The summed E-state index contributed by atoms with van der Waals surface area (Å²) in [5, 5.41) is 44.1. The molecular weight excluding hydrogens is 448 g/mol. The number of aromatic hydroxyl groups is 4. The monoisotopic (exact) mass is 480 g/mol. The smallest absolute Gasteiger partial charge is 0.119 e. The zero-order valence-electron chi connectivity index (χ0n) is 20.3. The predicted molar refractivity (Wildman–Crippen MR) is 142 cm³/mol. The van der Waals surface area contributed by atoms with E-state index in [2.05, 4.69) is 0 Å². The van der Waals surface area contributed by atoms with Crippen LogP contribution in [0.1, 0.15) is 60.8 Å². The van der Waals surface area contributed by atoms with Crippen molar-refractivity contribution in [2.24, 2.45) is 0 Å². The molecule has 1 aliphatic carbocycles. The highest BCUT2D eigenvalue weighted by molar-refractivity contribution is 5.54. The first-order chi connectivity index (χ1) is 17.5. The minimum atomic E-state index is -0.642. The highest BCUT2D eigenvalue weighted by atomic mass is 16.3. The molecular formula is C32H32O4. The van der Waals surface area contributed by atoms with E-state index < -0.39 is 10.8 Å². The van der Waals surface area contributed by atoms with Crippen LogP contribution in [0.5, 0.6) is 23.0 Å². The van der Waals surface area contributed by atoms with Gasteiger partial charge in [0.05, 0.1) is 0 Å². The van der Waals surface area contributed by atoms with Crippen LogP contribution in [0.4, 0.5) is 0 Å². The van der Waals surface area contributed by atoms with Gasteiger partial charge in [0.15, 0.2) is 0 Å². The van der Waals surface area contributed by atoms with Crippen molar-refractivity contribution in [1.82, 2.24) is 0 Å². The molecule has 1 aliphatic rings. The molecule has 0 radical (unpaired) electrons. The average Bonchev–Trinajstić information content (AvgIpc) is 2.87. The molecule has 0 aromatic heterocycles. The topological polar surface area (TPSA) is 80.9 Å². The largest absolute Gasteiger partial charge is 0.508 e. The lowest BCUT2D eigenvalue weighted by atomic mass is 9.59. The molecule has 36 heavy (non-hydrogen) atoms. The quantitative estimate of drug-likeness (QED) is 0.250. The summed E-state index contributed by atoms with van der Waals surface area (Å²) in [6.07, 6.45) is 4.44. The Morgan fingerprint density at radius 2 is 0.611 bits per heavy atom. The summed E-state index contributed by atoms with van der Waals surface area (Å²) in [4.78, 5) is 0. The summed E-state index contributed by atoms with van der Waals surface area (Å²) in [6, 6.07) is 29.6. The van der Waals surface area contributed by atoms with E-state index in [0.717, 1.165) is 47.9 Å². The van der Waals surface area contributed by atoms with Crippen molar-refractivity contribution in [3.05, 3.63) is 119 Å². The van der Waals surface area contributed by atoms with Crippen LogP contribution in [0.2, 0.25) is 0 Å². The number of phenolic OH excluding ortho intramolecular Hbond substituents is 4. The van der Waals surface area contributed by atoms with Crippen molar-refractivity contribution < 1.29 is 20.4 Å². The van der Waals surface area contributed by atoms with E-state index in [-0.39, 0.29) is 23.0 Å². The van der Waals surface area contributed by atoms with Gasteiger partial charge in [-0.15, -0.1) is 0 Å². The van der Waals surface area contributed by atoms with Gasteiger partial charge in [-0.3, -0.25) is 0 Å². The molecule has 4 aromatic rings. The van der Waals surface area contributed by atoms with E-state index in [9.17, 15) is 20.4 Å². The fourth-order valence-electron chi connectivity index (χ4n) is 6.41. The number of phenols is 4. The standard InChI is InChI=1S/C32H32O4/c33-27-15-5-1-11-23(27)31(24-12-2-6-16-28(24)34)19-9-10-20-32(22-21-31,25-13-3-7-17-29(25)35)26-14-4-8-18-30(26)36/h1-8,11-18,33-36H,9-10,19-22H2. The molecule has 0 unspecified atom stereocenters. The Morgan fingerprint density at radius 3 is 0.861 bits per heavy atom. The number of benzene rings is 4. The molecule has 4 nitrogen and oxygen atoms in total. The Balaban J connectivity index is 1.74. The van der Waals surface area contributed by atoms with Gasteiger partial charge in [-0.2, -0.15) is 0 Å². The zero-order valence-corrected chi connectivity index (χ0v) is 20.3. The maximum absolute atomic E-state index is 11.0. The molecule has 0 amide bonds. The minimum Gasteiger partial charge on any atom is -0.508 e. The van der Waals surface area contributed by atoms with E-state index >= 15 is 0 Å². The molecule has 0 aliphatic heterocycles. The second-order valence-corrected chi connectivity index (χ2v) is 9.94. The Kier molecular flexibility index (Phi) is 6.36. The maximum Gasteiger partial charge on any atom is 0.119 e. The van der Waals surface area contributed by atoms with Gasteiger partial charge in [0.1, 0.15) is 23.0 Å². The number of para-hydroxylation sites is 4. The first-order valence-electron chi connectivity index (χ1n) is 12.6. The fourth-order valence-corrected chi connectivity index (χ4v) is 6.41. The van der Waals surface area contributed by atoms with Crippen LogP contribution >= 0.6 is 0 Å². The van der Waals surface area contributed by atoms with Crippen molar-refractivity contribution in [2.75, 3.05) is 0 Å². The van der Waals surface area contributed by atoms with Gasteiger partial charge in [0, 0.05) is 33.1 Å². The number of rotatable bonds is 4. The lowest BCUT2D eigenvalue weighted by molar-refractivity contribution is 0.275. The third-order valence-electron chi connectivity index (χ3n) is 8.11. The normalized spacial score (nSPS) is 17.1. The van der Waals surface area contributed by atoms with Crippen LogP contribution in [0.15, 0.2) is 97.1 Å². The van der Waals surface area contributed by atoms with Gasteiger partial charge in [-0.25, -0.2) is 0 Å². The Morgan fingerprint density at radius 1 is 0.361 bits per heavy atom. The van der Waals surface area contributed by atoms with E-state index in [1.165, 1.54) is 0 Å². The van der Waals surface area contributed by atoms with Gasteiger partial charge in [0.25, 0.3) is 0 Å². The molecule has 4 heteroatoms. The van der Waals surface area contributed by atoms with E-state index in [1.807, 2.05) is 72.8 Å². The molecule has 4 N–H and O–H groups in total. The molecule has 0 bridgehead atoms. The molecule has 0 saturated heterocycles. The Bertz CT molecular complexity index is 1160. The molecule has 184 valence electrons. The molecule has 0 atom stereocenters. The lowest BCUT2D eigenvalue weighted by Crippen LogP contribution is -2.36. The van der Waals surface area contributed by atoms with Gasteiger partial charge in [-0.1, -0.05) is 85.6 Å². The Labute approximate surface area is 212 Å². The van der Waals surface area contributed by atoms with Crippen molar-refractivity contribution in [2.45, 2.75) is 49.4 Å². The third-order valence-corrected chi connectivity index (χ3v) is 8.11. The summed E-state index contributed by atoms with van der Waals surface area (Å²) >= 11 is 0. The molecule has 1 saturated carbocycles. The minimum absolute atomic E-state index is 0.206. The zero-order chi connectivity index (χ0) is 25.2. The molecule has 5 rings (SSSR count). The highest BCUT2D eigenvalue weighted by Crippen LogP contribution is 2.55. The first kappa shape index (κ1) is 23.8. The van der Waals surface area contributed by atoms with Gasteiger partial charge in [-0.05, 0) is 49.9 Å². The van der Waals surface area contributed by atoms with Crippen LogP contribution in [-0.2, 0) is 10.8 Å². The molecule has 0 heterocycles. The van der Waals surface area contributed by atoms with E-state index in [1.54, 1.807) is 24.3 Å². The third kappa shape index (κ3) is 3.97. The highest BCUT2D eigenvalue weighted by Gasteiger charge is 2.45. The van der Waals surface area contributed by atoms with Crippen molar-refractivity contribution in [3.8, 4) is 23.0 Å². The molecule has 4 aromatic carbocycles. The lowest BCUT2D eigenvalue weighted by Gasteiger charge is -2.44. The summed E-state index contributed by atoms with van der Waals surface area (Å²) in [6.45, 7) is 0. The number of hydrogen-bond donors (Lipinski definition) is 4. The van der Waals surface area contributed by atoms with Crippen LogP contribution in [0.25, 0.3) is 0 Å².